The van der Waals surface area contributed by atoms with Crippen LogP contribution in [0.2, 0.25) is 5.02 Å². The highest BCUT2D eigenvalue weighted by Crippen LogP contribution is 2.40. The van der Waals surface area contributed by atoms with Crippen LogP contribution < -0.4 is 5.32 Å². The number of hydrogen-bond acceptors (Lipinski definition) is 4. The molecule has 1 atom stereocenters. The van der Waals surface area contributed by atoms with E-state index in [0.29, 0.717) is 28.6 Å². The lowest BCUT2D eigenvalue weighted by atomic mass is 9.80. The van der Waals surface area contributed by atoms with Gasteiger partial charge < -0.3 is 20.3 Å². The van der Waals surface area contributed by atoms with Crippen molar-refractivity contribution in [1.29, 1.82) is 0 Å². The Labute approximate surface area is 144 Å². The molecule has 1 aliphatic heterocycles. The molecule has 0 bridgehead atoms. The van der Waals surface area contributed by atoms with Gasteiger partial charge in [0.25, 0.3) is 0 Å². The zero-order valence-corrected chi connectivity index (χ0v) is 14.1. The zero-order chi connectivity index (χ0) is 17.9. The van der Waals surface area contributed by atoms with Gasteiger partial charge in [0.1, 0.15) is 0 Å². The van der Waals surface area contributed by atoms with E-state index in [-0.39, 0.29) is 17.8 Å². The van der Waals surface area contributed by atoms with Crippen molar-refractivity contribution in [2.24, 2.45) is 0 Å². The first-order valence-corrected chi connectivity index (χ1v) is 7.75. The monoisotopic (exact) mass is 351 g/mol. The molecule has 1 unspecified atom stereocenters. The number of ether oxygens (including phenoxy) is 1. The summed E-state index contributed by atoms with van der Waals surface area (Å²) in [7, 11) is 0. The van der Waals surface area contributed by atoms with Crippen LogP contribution in [0.15, 0.2) is 46.8 Å². The number of nitrogens with one attached hydrogen (secondary N) is 1. The van der Waals surface area contributed by atoms with Gasteiger partial charge in [0.05, 0.1) is 29.4 Å². The molecule has 1 aliphatic rings. The fourth-order valence-corrected chi connectivity index (χ4v) is 3.02. The third kappa shape index (κ3) is 3.44. The highest BCUT2D eigenvalue weighted by Gasteiger charge is 2.38. The summed E-state index contributed by atoms with van der Waals surface area (Å²) in [5, 5.41) is 22.5. The van der Waals surface area contributed by atoms with Crippen LogP contribution in [0.25, 0.3) is 0 Å². The van der Waals surface area contributed by atoms with Gasteiger partial charge in [-0.2, -0.15) is 0 Å². The largest absolute Gasteiger partial charge is 0.478 e. The molecule has 0 saturated carbocycles. The number of hydrogen-bond donors (Lipinski definition) is 3. The molecular weight excluding hydrogens is 334 g/mol. The van der Waals surface area contributed by atoms with Gasteiger partial charge in [-0.3, -0.25) is 0 Å². The predicted molar refractivity (Wildman–Crippen MR) is 88.8 cm³/mol. The van der Waals surface area contributed by atoms with Crippen LogP contribution in [0, 0.1) is 0 Å². The van der Waals surface area contributed by atoms with E-state index >= 15 is 0 Å². The quantitative estimate of drug-likeness (QED) is 0.729. The number of aliphatic carboxylic acids is 2. The van der Waals surface area contributed by atoms with Crippen molar-refractivity contribution >= 4 is 23.5 Å². The number of carboxylic acids is 2. The highest BCUT2D eigenvalue weighted by molar-refractivity contribution is 6.31. The number of carboxylic acid groups (broad SMARTS) is 2. The maximum absolute atomic E-state index is 11.9. The summed E-state index contributed by atoms with van der Waals surface area (Å²) in [6.45, 7) is 3.84. The van der Waals surface area contributed by atoms with Crippen molar-refractivity contribution < 1.29 is 24.5 Å². The highest BCUT2D eigenvalue weighted by atomic mass is 35.5. The molecule has 1 heterocycles. The van der Waals surface area contributed by atoms with Gasteiger partial charge in [-0.25, -0.2) is 9.59 Å². The van der Waals surface area contributed by atoms with E-state index in [1.807, 2.05) is 0 Å². The number of rotatable bonds is 6. The van der Waals surface area contributed by atoms with Crippen molar-refractivity contribution in [2.45, 2.75) is 19.8 Å². The van der Waals surface area contributed by atoms with E-state index in [4.69, 9.17) is 16.3 Å². The van der Waals surface area contributed by atoms with Crippen LogP contribution in [0.4, 0.5) is 0 Å². The summed E-state index contributed by atoms with van der Waals surface area (Å²) in [5.74, 6) is -3.39. The number of dihydropyridines is 1. The second-order valence-corrected chi connectivity index (χ2v) is 5.67. The van der Waals surface area contributed by atoms with Gasteiger partial charge in [0, 0.05) is 17.3 Å². The number of halogens is 1. The fourth-order valence-electron chi connectivity index (χ4n) is 2.77. The summed E-state index contributed by atoms with van der Waals surface area (Å²) < 4.78 is 5.33. The topological polar surface area (TPSA) is 95.9 Å². The number of carbonyl (C=O) groups is 2. The lowest BCUT2D eigenvalue weighted by Crippen LogP contribution is -2.33. The molecule has 0 radical (unpaired) electrons. The third-order valence-electron chi connectivity index (χ3n) is 3.77. The minimum atomic E-state index is -1.21. The molecule has 1 aromatic carbocycles. The van der Waals surface area contributed by atoms with Crippen molar-refractivity contribution in [2.75, 3.05) is 13.2 Å². The molecule has 0 amide bonds. The molecule has 2 rings (SSSR count). The number of benzene rings is 1. The molecular formula is C17H18ClNO5. The first-order chi connectivity index (χ1) is 11.4. The average Bonchev–Trinajstić information content (AvgIpc) is 2.51. The first kappa shape index (κ1) is 18.0. The van der Waals surface area contributed by atoms with Crippen LogP contribution in [0.3, 0.4) is 0 Å². The van der Waals surface area contributed by atoms with Crippen molar-refractivity contribution in [3.8, 4) is 0 Å². The Hall–Kier alpha value is -2.31. The first-order valence-electron chi connectivity index (χ1n) is 7.38. The van der Waals surface area contributed by atoms with Crippen molar-refractivity contribution in [1.82, 2.24) is 5.32 Å². The molecule has 0 fully saturated rings. The van der Waals surface area contributed by atoms with E-state index in [9.17, 15) is 19.8 Å². The SMILES string of the molecule is CCOCC1=C(C(=O)O)C(c2ccccc2Cl)C(C(=O)O)=C(C)N1. The van der Waals surface area contributed by atoms with Gasteiger partial charge in [0.15, 0.2) is 0 Å². The molecule has 7 heteroatoms. The van der Waals surface area contributed by atoms with Gasteiger partial charge in [-0.05, 0) is 25.5 Å². The normalized spacial score (nSPS) is 17.7. The maximum atomic E-state index is 11.9. The number of allylic oxidation sites excluding steroid dienone is 1. The van der Waals surface area contributed by atoms with E-state index < -0.39 is 17.9 Å². The predicted octanol–water partition coefficient (Wildman–Crippen LogP) is 2.76. The standard InChI is InChI=1S/C17H18ClNO5/c1-3-24-8-12-15(17(22)23)14(10-6-4-5-7-11(10)18)13(16(20)21)9(2)19-12/h4-7,14,19H,3,8H2,1-2H3,(H,20,21)(H,22,23). The summed E-state index contributed by atoms with van der Waals surface area (Å²) in [6, 6.07) is 6.64. The Morgan fingerprint density at radius 2 is 1.83 bits per heavy atom. The molecule has 6 nitrogen and oxygen atoms in total. The van der Waals surface area contributed by atoms with Crippen molar-refractivity contribution in [3.05, 3.63) is 57.4 Å². The molecule has 0 aliphatic carbocycles. The van der Waals surface area contributed by atoms with Gasteiger partial charge in [-0.1, -0.05) is 29.8 Å². The Morgan fingerprint density at radius 3 is 2.38 bits per heavy atom. The van der Waals surface area contributed by atoms with E-state index in [1.165, 1.54) is 0 Å². The Bertz CT molecular complexity index is 738. The summed E-state index contributed by atoms with van der Waals surface area (Å²) in [6.07, 6.45) is 0. The molecule has 0 spiro atoms. The molecule has 3 N–H and O–H groups in total. The van der Waals surface area contributed by atoms with Gasteiger partial charge in [-0.15, -0.1) is 0 Å². The minimum absolute atomic E-state index is 0.0410. The summed E-state index contributed by atoms with van der Waals surface area (Å²) in [4.78, 5) is 23.6. The molecule has 0 saturated heterocycles. The molecule has 1 aromatic rings. The van der Waals surface area contributed by atoms with Crippen LogP contribution in [-0.2, 0) is 14.3 Å². The third-order valence-corrected chi connectivity index (χ3v) is 4.12. The Balaban J connectivity index is 2.70. The smallest absolute Gasteiger partial charge is 0.334 e. The molecule has 24 heavy (non-hydrogen) atoms. The maximum Gasteiger partial charge on any atom is 0.334 e. The van der Waals surface area contributed by atoms with Crippen LogP contribution >= 0.6 is 11.6 Å². The van der Waals surface area contributed by atoms with Gasteiger partial charge >= 0.3 is 11.9 Å². The van der Waals surface area contributed by atoms with Crippen molar-refractivity contribution in [3.63, 3.8) is 0 Å². The van der Waals surface area contributed by atoms with Gasteiger partial charge in [0.2, 0.25) is 0 Å². The van der Waals surface area contributed by atoms with E-state index in [2.05, 4.69) is 5.32 Å². The lowest BCUT2D eigenvalue weighted by Gasteiger charge is -2.30. The summed E-state index contributed by atoms with van der Waals surface area (Å²) >= 11 is 6.21. The zero-order valence-electron chi connectivity index (χ0n) is 13.3. The Morgan fingerprint density at radius 1 is 1.21 bits per heavy atom. The fraction of sp³-hybridized carbons (Fsp3) is 0.294. The van der Waals surface area contributed by atoms with Crippen LogP contribution in [-0.4, -0.2) is 35.4 Å². The van der Waals surface area contributed by atoms with Crippen LogP contribution in [0.1, 0.15) is 25.3 Å². The Kier molecular flexibility index (Phi) is 5.64. The molecule has 0 aromatic heterocycles. The van der Waals surface area contributed by atoms with E-state index in [1.54, 1.807) is 38.1 Å². The second-order valence-electron chi connectivity index (χ2n) is 5.26. The molecule has 128 valence electrons. The van der Waals surface area contributed by atoms with E-state index in [0.717, 1.165) is 0 Å². The average molecular weight is 352 g/mol. The van der Waals surface area contributed by atoms with Crippen LogP contribution in [0.5, 0.6) is 0 Å². The second kappa shape index (κ2) is 7.51. The minimum Gasteiger partial charge on any atom is -0.478 e. The summed E-state index contributed by atoms with van der Waals surface area (Å²) in [5.41, 5.74) is 1.02. The lowest BCUT2D eigenvalue weighted by molar-refractivity contribution is -0.133.